The van der Waals surface area contributed by atoms with Crippen molar-refractivity contribution in [1.82, 2.24) is 14.9 Å². The Kier molecular flexibility index (Phi) is 8.76. The van der Waals surface area contributed by atoms with E-state index in [1.165, 1.54) is 0 Å². The largest absolute Gasteiger partial charge is 0.497 e. The Bertz CT molecular complexity index is 786. The fraction of sp³-hybridized carbons (Fsp3) is 0.421. The van der Waals surface area contributed by atoms with Crippen LogP contribution in [-0.4, -0.2) is 59.7 Å². The maximum atomic E-state index is 12.0. The van der Waals surface area contributed by atoms with Gasteiger partial charge in [-0.2, -0.15) is 0 Å². The van der Waals surface area contributed by atoms with E-state index in [9.17, 15) is 4.79 Å². The van der Waals surface area contributed by atoms with Crippen LogP contribution in [0.1, 0.15) is 18.7 Å². The predicted octanol–water partition coefficient (Wildman–Crippen LogP) is 3.03. The molecule has 0 saturated carbocycles. The Balaban J connectivity index is 0.000000237. The van der Waals surface area contributed by atoms with E-state index >= 15 is 0 Å². The average molecular weight is 427 g/mol. The van der Waals surface area contributed by atoms with Gasteiger partial charge in [-0.3, -0.25) is 4.79 Å². The van der Waals surface area contributed by atoms with Gasteiger partial charge in [0.15, 0.2) is 5.82 Å². The number of likely N-dealkylation sites (tertiary alicyclic amines) is 1. The fourth-order valence-electron chi connectivity index (χ4n) is 2.63. The average Bonchev–Trinajstić information content (AvgIpc) is 3.25. The molecule has 1 N–H and O–H groups in total. The van der Waals surface area contributed by atoms with Gasteiger partial charge in [-0.05, 0) is 31.0 Å². The molecular formula is C19H24Cl2N4O3. The van der Waals surface area contributed by atoms with Gasteiger partial charge in [0.05, 0.1) is 23.7 Å². The molecule has 1 fully saturated rings. The standard InChI is InChI=1S/C12H18N4O2.C7H6Cl2O/c1-15(8-12(18)16-6-2-3-7-16)11-4-5-13-10(9-17)14-11;1-10-5-2-3-6(8)7(9)4-5/h4-5,17H,2-3,6-9H2,1H3;2-4H,1H3. The number of rotatable bonds is 5. The van der Waals surface area contributed by atoms with Gasteiger partial charge in [0, 0.05) is 32.4 Å². The van der Waals surface area contributed by atoms with E-state index in [4.69, 9.17) is 33.0 Å². The molecule has 0 unspecified atom stereocenters. The van der Waals surface area contributed by atoms with Crippen LogP contribution in [0, 0.1) is 0 Å². The summed E-state index contributed by atoms with van der Waals surface area (Å²) in [6, 6.07) is 6.86. The molecule has 0 aliphatic carbocycles. The first kappa shape index (κ1) is 22.2. The number of halogens is 2. The monoisotopic (exact) mass is 426 g/mol. The lowest BCUT2D eigenvalue weighted by atomic mass is 10.3. The number of ether oxygens (including phenoxy) is 1. The molecule has 9 heteroatoms. The second kappa shape index (κ2) is 11.0. The smallest absolute Gasteiger partial charge is 0.242 e. The van der Waals surface area contributed by atoms with Crippen LogP contribution >= 0.6 is 23.2 Å². The zero-order chi connectivity index (χ0) is 20.5. The molecule has 1 saturated heterocycles. The van der Waals surface area contributed by atoms with Crippen molar-refractivity contribution in [3.8, 4) is 5.75 Å². The number of anilines is 1. The van der Waals surface area contributed by atoms with Crippen molar-refractivity contribution in [1.29, 1.82) is 0 Å². The first-order valence-corrected chi connectivity index (χ1v) is 9.61. The van der Waals surface area contributed by atoms with E-state index in [1.54, 1.807) is 42.5 Å². The Morgan fingerprint density at radius 3 is 2.57 bits per heavy atom. The van der Waals surface area contributed by atoms with Gasteiger partial charge in [0.25, 0.3) is 0 Å². The maximum Gasteiger partial charge on any atom is 0.242 e. The number of likely N-dealkylation sites (N-methyl/N-ethyl adjacent to an activating group) is 1. The van der Waals surface area contributed by atoms with Crippen molar-refractivity contribution in [2.75, 3.05) is 38.7 Å². The second-order valence-electron chi connectivity index (χ2n) is 6.21. The molecule has 0 bridgehead atoms. The van der Waals surface area contributed by atoms with Gasteiger partial charge in [-0.15, -0.1) is 0 Å². The van der Waals surface area contributed by atoms with Crippen molar-refractivity contribution < 1.29 is 14.6 Å². The molecule has 2 heterocycles. The lowest BCUT2D eigenvalue weighted by molar-refractivity contribution is -0.128. The number of benzene rings is 1. The number of aliphatic hydroxyl groups is 1. The number of hydrogen-bond donors (Lipinski definition) is 1. The van der Waals surface area contributed by atoms with Crippen LogP contribution in [-0.2, 0) is 11.4 Å². The Morgan fingerprint density at radius 1 is 1.25 bits per heavy atom. The molecule has 152 valence electrons. The third-order valence-electron chi connectivity index (χ3n) is 4.18. The quantitative estimate of drug-likeness (QED) is 0.791. The minimum Gasteiger partial charge on any atom is -0.497 e. The highest BCUT2D eigenvalue weighted by Gasteiger charge is 2.19. The Labute approximate surface area is 174 Å². The zero-order valence-corrected chi connectivity index (χ0v) is 17.4. The summed E-state index contributed by atoms with van der Waals surface area (Å²) in [5, 5.41) is 10.0. The third-order valence-corrected chi connectivity index (χ3v) is 4.92. The summed E-state index contributed by atoms with van der Waals surface area (Å²) in [4.78, 5) is 23.7. The van der Waals surface area contributed by atoms with Crippen molar-refractivity contribution in [3.05, 3.63) is 46.3 Å². The summed E-state index contributed by atoms with van der Waals surface area (Å²) >= 11 is 11.3. The molecule has 1 aromatic carbocycles. The molecular weight excluding hydrogens is 403 g/mol. The number of methoxy groups -OCH3 is 1. The molecule has 0 radical (unpaired) electrons. The van der Waals surface area contributed by atoms with Crippen LogP contribution in [0.3, 0.4) is 0 Å². The molecule has 3 rings (SSSR count). The number of aliphatic hydroxyl groups excluding tert-OH is 1. The third kappa shape index (κ3) is 6.51. The minimum absolute atomic E-state index is 0.124. The molecule has 0 spiro atoms. The molecule has 1 aliphatic rings. The van der Waals surface area contributed by atoms with Crippen LogP contribution in [0.2, 0.25) is 10.0 Å². The van der Waals surface area contributed by atoms with Gasteiger partial charge in [0.1, 0.15) is 18.2 Å². The van der Waals surface area contributed by atoms with E-state index < -0.39 is 0 Å². The molecule has 1 aliphatic heterocycles. The Hall–Kier alpha value is -2.09. The van der Waals surface area contributed by atoms with E-state index in [-0.39, 0.29) is 12.5 Å². The maximum absolute atomic E-state index is 12.0. The summed E-state index contributed by atoms with van der Waals surface area (Å²) < 4.78 is 4.91. The Morgan fingerprint density at radius 2 is 1.96 bits per heavy atom. The van der Waals surface area contributed by atoms with Crippen molar-refractivity contribution >= 4 is 34.9 Å². The second-order valence-corrected chi connectivity index (χ2v) is 7.03. The van der Waals surface area contributed by atoms with Gasteiger partial charge < -0.3 is 19.6 Å². The van der Waals surface area contributed by atoms with E-state index in [2.05, 4.69) is 9.97 Å². The van der Waals surface area contributed by atoms with E-state index in [0.29, 0.717) is 28.2 Å². The number of aromatic nitrogens is 2. The molecule has 1 amide bonds. The summed E-state index contributed by atoms with van der Waals surface area (Å²) in [7, 11) is 3.40. The van der Waals surface area contributed by atoms with E-state index in [1.807, 2.05) is 11.9 Å². The summed E-state index contributed by atoms with van der Waals surface area (Å²) in [6.07, 6.45) is 3.78. The van der Waals surface area contributed by atoms with Crippen LogP contribution < -0.4 is 9.64 Å². The molecule has 7 nitrogen and oxygen atoms in total. The van der Waals surface area contributed by atoms with Gasteiger partial charge in [-0.1, -0.05) is 23.2 Å². The van der Waals surface area contributed by atoms with Crippen LogP contribution in [0.15, 0.2) is 30.5 Å². The van der Waals surface area contributed by atoms with Crippen LogP contribution in [0.25, 0.3) is 0 Å². The highest BCUT2D eigenvalue weighted by molar-refractivity contribution is 6.42. The topological polar surface area (TPSA) is 78.8 Å². The van der Waals surface area contributed by atoms with Gasteiger partial charge in [-0.25, -0.2) is 9.97 Å². The molecule has 2 aromatic rings. The number of carbonyl (C=O) groups is 1. The predicted molar refractivity (Wildman–Crippen MR) is 110 cm³/mol. The summed E-state index contributed by atoms with van der Waals surface area (Å²) in [5.74, 6) is 1.86. The van der Waals surface area contributed by atoms with Gasteiger partial charge >= 0.3 is 0 Å². The molecule has 28 heavy (non-hydrogen) atoms. The first-order valence-electron chi connectivity index (χ1n) is 8.85. The van der Waals surface area contributed by atoms with Crippen LogP contribution in [0.5, 0.6) is 5.75 Å². The zero-order valence-electron chi connectivity index (χ0n) is 15.9. The minimum atomic E-state index is -0.193. The normalized spacial score (nSPS) is 13.0. The SMILES string of the molecule is CN(CC(=O)N1CCCC1)c1ccnc(CO)n1.COc1ccc(Cl)c(Cl)c1. The highest BCUT2D eigenvalue weighted by Crippen LogP contribution is 2.25. The van der Waals surface area contributed by atoms with Crippen molar-refractivity contribution in [2.45, 2.75) is 19.4 Å². The number of hydrogen-bond acceptors (Lipinski definition) is 6. The van der Waals surface area contributed by atoms with Gasteiger partial charge in [0.2, 0.25) is 5.91 Å². The lowest BCUT2D eigenvalue weighted by Gasteiger charge is -2.22. The first-order chi connectivity index (χ1) is 13.4. The summed E-state index contributed by atoms with van der Waals surface area (Å²) in [5.41, 5.74) is 0. The number of nitrogens with zero attached hydrogens (tertiary/aromatic N) is 4. The molecule has 1 aromatic heterocycles. The van der Waals surface area contributed by atoms with Crippen LogP contribution in [0.4, 0.5) is 5.82 Å². The number of amides is 1. The number of carbonyl (C=O) groups excluding carboxylic acids is 1. The van der Waals surface area contributed by atoms with Crippen molar-refractivity contribution in [3.63, 3.8) is 0 Å². The fourth-order valence-corrected chi connectivity index (χ4v) is 2.92. The van der Waals surface area contributed by atoms with Crippen molar-refractivity contribution in [2.24, 2.45) is 0 Å². The lowest BCUT2D eigenvalue weighted by Crippen LogP contribution is -2.37. The molecule has 0 atom stereocenters. The summed E-state index contributed by atoms with van der Waals surface area (Å²) in [6.45, 7) is 1.83. The van der Waals surface area contributed by atoms with E-state index in [0.717, 1.165) is 31.7 Å². The highest BCUT2D eigenvalue weighted by atomic mass is 35.5.